The lowest BCUT2D eigenvalue weighted by molar-refractivity contribution is -0.0312. The van der Waals surface area contributed by atoms with Crippen LogP contribution in [0.2, 0.25) is 0 Å². The number of nitrogens with zero attached hydrogens (tertiary/aromatic N) is 2. The van der Waals surface area contributed by atoms with Crippen molar-refractivity contribution in [2.75, 3.05) is 46.6 Å². The van der Waals surface area contributed by atoms with Gasteiger partial charge in [-0.05, 0) is 56.0 Å². The maximum absolute atomic E-state index is 12.6. The summed E-state index contributed by atoms with van der Waals surface area (Å²) in [6.07, 6.45) is 5.92. The zero-order valence-corrected chi connectivity index (χ0v) is 20.3. The summed E-state index contributed by atoms with van der Waals surface area (Å²) in [6, 6.07) is 14.6. The first kappa shape index (κ1) is 25.0. The molecule has 35 heavy (non-hydrogen) atoms. The average molecular weight is 483 g/mol. The van der Waals surface area contributed by atoms with Crippen LogP contribution in [0.25, 0.3) is 0 Å². The van der Waals surface area contributed by atoms with Gasteiger partial charge in [-0.1, -0.05) is 23.4 Å². The maximum atomic E-state index is 12.6. The number of benzene rings is 2. The lowest BCUT2D eigenvalue weighted by Crippen LogP contribution is -2.43. The molecule has 0 N–H and O–H groups in total. The Morgan fingerprint density at radius 1 is 1.11 bits per heavy atom. The summed E-state index contributed by atoms with van der Waals surface area (Å²) in [5.74, 6) is 1.04. The summed E-state index contributed by atoms with van der Waals surface area (Å²) in [7, 11) is 1.64. The molecule has 8 heteroatoms. The van der Waals surface area contributed by atoms with E-state index in [4.69, 9.17) is 23.8 Å². The van der Waals surface area contributed by atoms with Crippen molar-refractivity contribution in [2.45, 2.75) is 37.9 Å². The van der Waals surface area contributed by atoms with Gasteiger partial charge in [0.1, 0.15) is 0 Å². The van der Waals surface area contributed by atoms with Crippen LogP contribution in [0.1, 0.15) is 41.6 Å². The van der Waals surface area contributed by atoms with Crippen molar-refractivity contribution >= 4 is 12.2 Å². The second-order valence-corrected chi connectivity index (χ2v) is 8.77. The molecule has 0 unspecified atom stereocenters. The Bertz CT molecular complexity index is 955. The van der Waals surface area contributed by atoms with E-state index >= 15 is 0 Å². The number of rotatable bonds is 11. The number of carbonyl (C=O) groups excluding carboxylic acids is 1. The summed E-state index contributed by atoms with van der Waals surface area (Å²) in [6.45, 7) is 3.62. The maximum Gasteiger partial charge on any atom is 0.338 e. The van der Waals surface area contributed by atoms with Gasteiger partial charge < -0.3 is 23.8 Å². The summed E-state index contributed by atoms with van der Waals surface area (Å²) in [5.41, 5.74) is 1.35. The molecule has 2 fully saturated rings. The van der Waals surface area contributed by atoms with Gasteiger partial charge >= 0.3 is 5.97 Å². The van der Waals surface area contributed by atoms with Crippen LogP contribution in [0.4, 0.5) is 0 Å². The highest BCUT2D eigenvalue weighted by Gasteiger charge is 2.22. The molecule has 1 aliphatic carbocycles. The Morgan fingerprint density at radius 2 is 1.89 bits per heavy atom. The van der Waals surface area contributed by atoms with Crippen molar-refractivity contribution in [3.8, 4) is 11.5 Å². The van der Waals surface area contributed by atoms with Crippen molar-refractivity contribution in [3.05, 3.63) is 59.7 Å². The highest BCUT2D eigenvalue weighted by atomic mass is 16.6. The van der Waals surface area contributed by atoms with E-state index in [-0.39, 0.29) is 18.7 Å². The van der Waals surface area contributed by atoms with E-state index in [0.29, 0.717) is 36.8 Å². The van der Waals surface area contributed by atoms with Crippen LogP contribution in [-0.4, -0.2) is 75.9 Å². The summed E-state index contributed by atoms with van der Waals surface area (Å²) < 4.78 is 22.8. The number of esters is 1. The Morgan fingerprint density at radius 3 is 2.63 bits per heavy atom. The summed E-state index contributed by atoms with van der Waals surface area (Å²) in [4.78, 5) is 20.4. The predicted molar refractivity (Wildman–Crippen MR) is 132 cm³/mol. The second kappa shape index (κ2) is 13.1. The number of methoxy groups -OCH3 is 1. The SMILES string of the molecule is COc1ccc(/C=N/OC[C@@H](CN2CCOCC2)OC(=O)c2ccccc2)cc1OC1CCCC1. The van der Waals surface area contributed by atoms with Gasteiger partial charge in [0.05, 0.1) is 38.2 Å². The molecule has 0 bridgehead atoms. The zero-order valence-electron chi connectivity index (χ0n) is 20.3. The van der Waals surface area contributed by atoms with E-state index in [0.717, 1.165) is 31.5 Å². The third kappa shape index (κ3) is 7.70. The van der Waals surface area contributed by atoms with Gasteiger partial charge in [-0.2, -0.15) is 0 Å². The fourth-order valence-electron chi connectivity index (χ4n) is 4.27. The van der Waals surface area contributed by atoms with Gasteiger partial charge in [0.2, 0.25) is 0 Å². The van der Waals surface area contributed by atoms with Crippen LogP contribution in [0.3, 0.4) is 0 Å². The fourth-order valence-corrected chi connectivity index (χ4v) is 4.27. The molecular weight excluding hydrogens is 448 g/mol. The van der Waals surface area contributed by atoms with Crippen molar-refractivity contribution in [1.29, 1.82) is 0 Å². The summed E-state index contributed by atoms with van der Waals surface area (Å²) in [5, 5.41) is 4.13. The molecule has 2 aliphatic rings. The number of oxime groups is 1. The highest BCUT2D eigenvalue weighted by Crippen LogP contribution is 2.32. The van der Waals surface area contributed by atoms with E-state index in [1.54, 1.807) is 25.5 Å². The molecule has 2 aromatic rings. The molecule has 1 aliphatic heterocycles. The smallest absolute Gasteiger partial charge is 0.338 e. The number of morpholine rings is 1. The van der Waals surface area contributed by atoms with Gasteiger partial charge in [-0.3, -0.25) is 4.90 Å². The topological polar surface area (TPSA) is 78.8 Å². The first-order valence-electron chi connectivity index (χ1n) is 12.3. The minimum atomic E-state index is -0.463. The van der Waals surface area contributed by atoms with E-state index in [1.165, 1.54) is 12.8 Å². The average Bonchev–Trinajstić information content (AvgIpc) is 3.41. The van der Waals surface area contributed by atoms with Crippen LogP contribution in [0.15, 0.2) is 53.7 Å². The normalized spacial score (nSPS) is 17.9. The molecule has 8 nitrogen and oxygen atoms in total. The Labute approximate surface area is 206 Å². The van der Waals surface area contributed by atoms with Crippen molar-refractivity contribution < 1.29 is 28.6 Å². The molecule has 0 amide bonds. The molecule has 0 radical (unpaired) electrons. The predicted octanol–water partition coefficient (Wildman–Crippen LogP) is 3.92. The minimum absolute atomic E-state index is 0.147. The van der Waals surface area contributed by atoms with Crippen LogP contribution in [0.5, 0.6) is 11.5 Å². The number of carbonyl (C=O) groups is 1. The van der Waals surface area contributed by atoms with Crippen molar-refractivity contribution in [2.24, 2.45) is 5.16 Å². The molecule has 1 heterocycles. The molecule has 0 spiro atoms. The zero-order chi connectivity index (χ0) is 24.3. The van der Waals surface area contributed by atoms with Crippen LogP contribution in [-0.2, 0) is 14.3 Å². The Kier molecular flexibility index (Phi) is 9.37. The van der Waals surface area contributed by atoms with E-state index in [9.17, 15) is 4.79 Å². The van der Waals surface area contributed by atoms with E-state index in [1.807, 2.05) is 36.4 Å². The molecule has 1 saturated heterocycles. The van der Waals surface area contributed by atoms with Crippen LogP contribution < -0.4 is 9.47 Å². The largest absolute Gasteiger partial charge is 0.493 e. The van der Waals surface area contributed by atoms with Gasteiger partial charge in [0.25, 0.3) is 0 Å². The number of ether oxygens (including phenoxy) is 4. The molecule has 188 valence electrons. The van der Waals surface area contributed by atoms with Crippen LogP contribution in [0, 0.1) is 0 Å². The molecule has 2 aromatic carbocycles. The van der Waals surface area contributed by atoms with Gasteiger partial charge in [0.15, 0.2) is 24.2 Å². The van der Waals surface area contributed by atoms with Gasteiger partial charge in [-0.25, -0.2) is 4.79 Å². The third-order valence-corrected chi connectivity index (χ3v) is 6.17. The number of hydrogen-bond donors (Lipinski definition) is 0. The van der Waals surface area contributed by atoms with Crippen LogP contribution >= 0.6 is 0 Å². The van der Waals surface area contributed by atoms with Gasteiger partial charge in [-0.15, -0.1) is 0 Å². The van der Waals surface area contributed by atoms with E-state index < -0.39 is 6.10 Å². The Balaban J connectivity index is 1.35. The lowest BCUT2D eigenvalue weighted by atomic mass is 10.2. The minimum Gasteiger partial charge on any atom is -0.493 e. The first-order valence-corrected chi connectivity index (χ1v) is 12.3. The Hall–Kier alpha value is -3.10. The molecule has 0 aromatic heterocycles. The van der Waals surface area contributed by atoms with Crippen molar-refractivity contribution in [3.63, 3.8) is 0 Å². The standard InChI is InChI=1S/C27H34N2O6/c1-31-25-12-11-21(17-26(25)34-23-9-5-6-10-23)18-28-33-20-24(19-29-13-15-32-16-14-29)35-27(30)22-7-3-2-4-8-22/h2-4,7-8,11-12,17-18,23-24H,5-6,9-10,13-16,19-20H2,1H3/b28-18+/t24-/m1/s1. The second-order valence-electron chi connectivity index (χ2n) is 8.77. The quantitative estimate of drug-likeness (QED) is 0.273. The van der Waals surface area contributed by atoms with Gasteiger partial charge in [0, 0.05) is 25.2 Å². The molecule has 1 saturated carbocycles. The monoisotopic (exact) mass is 482 g/mol. The molecular formula is C27H34N2O6. The van der Waals surface area contributed by atoms with Crippen molar-refractivity contribution in [1.82, 2.24) is 4.90 Å². The molecule has 4 rings (SSSR count). The third-order valence-electron chi connectivity index (χ3n) is 6.17. The highest BCUT2D eigenvalue weighted by molar-refractivity contribution is 5.89. The lowest BCUT2D eigenvalue weighted by Gasteiger charge is -2.29. The summed E-state index contributed by atoms with van der Waals surface area (Å²) >= 11 is 0. The first-order chi connectivity index (χ1) is 17.2. The number of hydrogen-bond acceptors (Lipinski definition) is 8. The van der Waals surface area contributed by atoms with E-state index in [2.05, 4.69) is 10.1 Å². The molecule has 1 atom stereocenters. The fraction of sp³-hybridized carbons (Fsp3) is 0.481.